The molecule has 1 aromatic carbocycles. The van der Waals surface area contributed by atoms with E-state index in [9.17, 15) is 4.79 Å². The number of nitrogens with one attached hydrogen (secondary N) is 1. The summed E-state index contributed by atoms with van der Waals surface area (Å²) in [5.41, 5.74) is 0.934. The fraction of sp³-hybridized carbons (Fsp3) is 0.571. The van der Waals surface area contributed by atoms with Crippen LogP contribution < -0.4 is 5.32 Å². The van der Waals surface area contributed by atoms with Crippen molar-refractivity contribution in [3.05, 3.63) is 48.0 Å². The Morgan fingerprint density at radius 2 is 1.79 bits per heavy atom. The fourth-order valence-corrected chi connectivity index (χ4v) is 3.14. The molecule has 1 aliphatic rings. The largest absolute Gasteiger partial charge is 0.444 e. The third-order valence-electron chi connectivity index (χ3n) is 4.40. The number of allylic oxidation sites excluding steroid dienone is 2. The van der Waals surface area contributed by atoms with Crippen molar-refractivity contribution in [2.24, 2.45) is 5.92 Å². The zero-order valence-electron chi connectivity index (χ0n) is 15.3. The summed E-state index contributed by atoms with van der Waals surface area (Å²) in [7, 11) is 0. The minimum absolute atomic E-state index is 0.268. The third kappa shape index (κ3) is 7.20. The monoisotopic (exact) mass is 329 g/mol. The van der Waals surface area contributed by atoms with Gasteiger partial charge in [-0.05, 0) is 70.8 Å². The summed E-state index contributed by atoms with van der Waals surface area (Å²) in [6.07, 6.45) is 10.9. The lowest BCUT2D eigenvalue weighted by atomic mass is 9.84. The standard InChI is InChI=1S/C21H31NO2/c1-21(2,3)24-20(23)22-19-15-13-18(14-16-19)12-8-7-11-17-9-5-4-6-10-17/h4-10,18-19H,11-16H2,1-3H3,(H,22,23). The summed E-state index contributed by atoms with van der Waals surface area (Å²) in [4.78, 5) is 11.8. The lowest BCUT2D eigenvalue weighted by Crippen LogP contribution is -2.40. The molecule has 0 radical (unpaired) electrons. The van der Waals surface area contributed by atoms with Gasteiger partial charge in [0.25, 0.3) is 0 Å². The first kappa shape index (κ1) is 18.6. The van der Waals surface area contributed by atoms with E-state index in [0.717, 1.165) is 31.6 Å². The molecule has 24 heavy (non-hydrogen) atoms. The maximum Gasteiger partial charge on any atom is 0.407 e. The molecule has 0 unspecified atom stereocenters. The van der Waals surface area contributed by atoms with E-state index in [4.69, 9.17) is 4.74 Å². The number of amides is 1. The molecule has 1 N–H and O–H groups in total. The Hall–Kier alpha value is -1.77. The SMILES string of the molecule is CC(C)(C)OC(=O)NC1CCC(CC=CCc2ccccc2)CC1. The molecule has 0 saturated heterocycles. The number of carbonyl (C=O) groups is 1. The quantitative estimate of drug-likeness (QED) is 0.748. The maximum atomic E-state index is 11.8. The predicted octanol–water partition coefficient (Wildman–Crippen LogP) is 5.26. The van der Waals surface area contributed by atoms with Crippen molar-refractivity contribution >= 4 is 6.09 Å². The molecule has 0 aromatic heterocycles. The van der Waals surface area contributed by atoms with Crippen LogP contribution in [0.1, 0.15) is 58.4 Å². The zero-order chi connectivity index (χ0) is 17.4. The van der Waals surface area contributed by atoms with E-state index < -0.39 is 5.60 Å². The van der Waals surface area contributed by atoms with Crippen LogP contribution in [0.4, 0.5) is 4.79 Å². The molecule has 2 rings (SSSR count). The number of rotatable bonds is 5. The van der Waals surface area contributed by atoms with Gasteiger partial charge >= 0.3 is 6.09 Å². The molecule has 132 valence electrons. The number of hydrogen-bond donors (Lipinski definition) is 1. The Balaban J connectivity index is 1.63. The van der Waals surface area contributed by atoms with Gasteiger partial charge in [0.15, 0.2) is 0 Å². The molecule has 0 aliphatic heterocycles. The van der Waals surface area contributed by atoms with Crippen molar-refractivity contribution in [2.45, 2.75) is 70.9 Å². The van der Waals surface area contributed by atoms with E-state index >= 15 is 0 Å². The number of benzene rings is 1. The Morgan fingerprint density at radius 1 is 1.12 bits per heavy atom. The van der Waals surface area contributed by atoms with Crippen molar-refractivity contribution in [3.63, 3.8) is 0 Å². The first-order valence-corrected chi connectivity index (χ1v) is 9.11. The number of ether oxygens (including phenoxy) is 1. The Kier molecular flexibility index (Phi) is 6.89. The van der Waals surface area contributed by atoms with E-state index in [-0.39, 0.29) is 12.1 Å². The van der Waals surface area contributed by atoms with Gasteiger partial charge in [0.05, 0.1) is 0 Å². The van der Waals surface area contributed by atoms with Gasteiger partial charge in [-0.1, -0.05) is 42.5 Å². The molecule has 1 saturated carbocycles. The molecule has 0 heterocycles. The van der Waals surface area contributed by atoms with Crippen molar-refractivity contribution in [1.82, 2.24) is 5.32 Å². The molecule has 0 spiro atoms. The first-order chi connectivity index (χ1) is 11.4. The highest BCUT2D eigenvalue weighted by atomic mass is 16.6. The number of alkyl carbamates (subject to hydrolysis) is 1. The molecule has 3 nitrogen and oxygen atoms in total. The van der Waals surface area contributed by atoms with E-state index in [0.29, 0.717) is 0 Å². The summed E-state index contributed by atoms with van der Waals surface area (Å²) in [6.45, 7) is 5.68. The van der Waals surface area contributed by atoms with Gasteiger partial charge in [-0.3, -0.25) is 0 Å². The summed E-state index contributed by atoms with van der Waals surface area (Å²) < 4.78 is 5.33. The predicted molar refractivity (Wildman–Crippen MR) is 99.0 cm³/mol. The van der Waals surface area contributed by atoms with Gasteiger partial charge in [0, 0.05) is 6.04 Å². The summed E-state index contributed by atoms with van der Waals surface area (Å²) >= 11 is 0. The molecular formula is C21H31NO2. The van der Waals surface area contributed by atoms with E-state index in [2.05, 4.69) is 47.8 Å². The smallest absolute Gasteiger partial charge is 0.407 e. The van der Waals surface area contributed by atoms with E-state index in [1.165, 1.54) is 18.4 Å². The maximum absolute atomic E-state index is 11.8. The first-order valence-electron chi connectivity index (χ1n) is 9.11. The van der Waals surface area contributed by atoms with Crippen LogP contribution in [0.15, 0.2) is 42.5 Å². The fourth-order valence-electron chi connectivity index (χ4n) is 3.14. The molecule has 0 bridgehead atoms. The van der Waals surface area contributed by atoms with Crippen molar-refractivity contribution in [2.75, 3.05) is 0 Å². The van der Waals surface area contributed by atoms with Crippen LogP contribution in [0.25, 0.3) is 0 Å². The van der Waals surface area contributed by atoms with Crippen LogP contribution in [0.3, 0.4) is 0 Å². The number of carbonyl (C=O) groups excluding carboxylic acids is 1. The molecule has 1 fully saturated rings. The minimum atomic E-state index is -0.426. The molecule has 1 aliphatic carbocycles. The van der Waals surface area contributed by atoms with Crippen LogP contribution in [-0.4, -0.2) is 17.7 Å². The number of hydrogen-bond acceptors (Lipinski definition) is 2. The van der Waals surface area contributed by atoms with Crippen LogP contribution in [0.5, 0.6) is 0 Å². The highest BCUT2D eigenvalue weighted by Crippen LogP contribution is 2.27. The Morgan fingerprint density at radius 3 is 2.42 bits per heavy atom. The molecular weight excluding hydrogens is 298 g/mol. The van der Waals surface area contributed by atoms with Gasteiger partial charge in [-0.25, -0.2) is 4.79 Å². The van der Waals surface area contributed by atoms with Gasteiger partial charge in [-0.15, -0.1) is 0 Å². The molecule has 3 heteroatoms. The van der Waals surface area contributed by atoms with Crippen LogP contribution in [0.2, 0.25) is 0 Å². The average Bonchev–Trinajstić information content (AvgIpc) is 2.52. The van der Waals surface area contributed by atoms with Crippen molar-refractivity contribution < 1.29 is 9.53 Å². The van der Waals surface area contributed by atoms with Gasteiger partial charge < -0.3 is 10.1 Å². The summed E-state index contributed by atoms with van der Waals surface area (Å²) in [5, 5.41) is 3.01. The van der Waals surface area contributed by atoms with Gasteiger partial charge in [0.1, 0.15) is 5.60 Å². The third-order valence-corrected chi connectivity index (χ3v) is 4.40. The molecule has 0 atom stereocenters. The highest BCUT2D eigenvalue weighted by Gasteiger charge is 2.24. The van der Waals surface area contributed by atoms with Crippen LogP contribution in [0, 0.1) is 5.92 Å². The zero-order valence-corrected chi connectivity index (χ0v) is 15.3. The lowest BCUT2D eigenvalue weighted by Gasteiger charge is -2.29. The second-order valence-corrected chi connectivity index (χ2v) is 7.76. The topological polar surface area (TPSA) is 38.3 Å². The Labute approximate surface area is 146 Å². The average molecular weight is 329 g/mol. The van der Waals surface area contributed by atoms with Gasteiger partial charge in [0.2, 0.25) is 0 Å². The van der Waals surface area contributed by atoms with Crippen LogP contribution >= 0.6 is 0 Å². The summed E-state index contributed by atoms with van der Waals surface area (Å²) in [5.74, 6) is 0.744. The highest BCUT2D eigenvalue weighted by molar-refractivity contribution is 5.68. The summed E-state index contributed by atoms with van der Waals surface area (Å²) in [6, 6.07) is 10.8. The van der Waals surface area contributed by atoms with Crippen molar-refractivity contribution in [1.29, 1.82) is 0 Å². The van der Waals surface area contributed by atoms with Gasteiger partial charge in [-0.2, -0.15) is 0 Å². The van der Waals surface area contributed by atoms with Crippen LogP contribution in [-0.2, 0) is 11.2 Å². The molecule has 1 aromatic rings. The van der Waals surface area contributed by atoms with E-state index in [1.54, 1.807) is 0 Å². The normalized spacial score (nSPS) is 21.6. The van der Waals surface area contributed by atoms with E-state index in [1.807, 2.05) is 20.8 Å². The Bertz CT molecular complexity index is 523. The second-order valence-electron chi connectivity index (χ2n) is 7.76. The lowest BCUT2D eigenvalue weighted by molar-refractivity contribution is 0.0487. The van der Waals surface area contributed by atoms with Crippen molar-refractivity contribution in [3.8, 4) is 0 Å². The second kappa shape index (κ2) is 8.91. The minimum Gasteiger partial charge on any atom is -0.444 e. The molecule has 1 amide bonds.